The number of aliphatic hydroxyl groups excluding tert-OH is 1. The van der Waals surface area contributed by atoms with Crippen LogP contribution in [0.5, 0.6) is 0 Å². The monoisotopic (exact) mass is 272 g/mol. The number of H-pyrrole nitrogens is 1. The van der Waals surface area contributed by atoms with Crippen LogP contribution >= 0.6 is 0 Å². The van der Waals surface area contributed by atoms with E-state index in [1.165, 1.54) is 12.3 Å². The van der Waals surface area contributed by atoms with Gasteiger partial charge in [-0.15, -0.1) is 0 Å². The maximum absolute atomic E-state index is 12.5. The van der Waals surface area contributed by atoms with Crippen LogP contribution in [-0.2, 0) is 16.6 Å². The standard InChI is InChI=1S/C12H20N2O3S/c1-2-14(11-5-3-4-6-11)18(16,17)12-7-10(9-15)13-8-12/h7-8,11,13,15H,2-6,9H2,1H3. The van der Waals surface area contributed by atoms with Crippen molar-refractivity contribution in [3.8, 4) is 0 Å². The minimum absolute atomic E-state index is 0.132. The molecule has 102 valence electrons. The zero-order valence-corrected chi connectivity index (χ0v) is 11.4. The lowest BCUT2D eigenvalue weighted by molar-refractivity contribution is 0.277. The second-order valence-electron chi connectivity index (χ2n) is 4.67. The van der Waals surface area contributed by atoms with E-state index in [2.05, 4.69) is 4.98 Å². The van der Waals surface area contributed by atoms with E-state index in [-0.39, 0.29) is 17.5 Å². The van der Waals surface area contributed by atoms with Gasteiger partial charge in [-0.05, 0) is 18.9 Å². The molecule has 1 saturated carbocycles. The minimum Gasteiger partial charge on any atom is -0.390 e. The van der Waals surface area contributed by atoms with E-state index in [1.807, 2.05) is 6.92 Å². The van der Waals surface area contributed by atoms with Crippen LogP contribution in [0.3, 0.4) is 0 Å². The highest BCUT2D eigenvalue weighted by molar-refractivity contribution is 7.89. The van der Waals surface area contributed by atoms with E-state index in [0.717, 1.165) is 25.7 Å². The molecule has 1 aromatic heterocycles. The highest BCUT2D eigenvalue weighted by Gasteiger charge is 2.32. The lowest BCUT2D eigenvalue weighted by Crippen LogP contribution is -2.38. The van der Waals surface area contributed by atoms with Crippen molar-refractivity contribution in [2.75, 3.05) is 6.54 Å². The second-order valence-corrected chi connectivity index (χ2v) is 6.56. The van der Waals surface area contributed by atoms with Gasteiger partial charge in [0.1, 0.15) is 0 Å². The predicted molar refractivity (Wildman–Crippen MR) is 68.5 cm³/mol. The molecule has 0 spiro atoms. The Morgan fingerprint density at radius 3 is 2.61 bits per heavy atom. The molecule has 0 unspecified atom stereocenters. The smallest absolute Gasteiger partial charge is 0.244 e. The molecule has 2 N–H and O–H groups in total. The Morgan fingerprint density at radius 1 is 1.44 bits per heavy atom. The van der Waals surface area contributed by atoms with Crippen molar-refractivity contribution in [3.05, 3.63) is 18.0 Å². The molecular formula is C12H20N2O3S. The van der Waals surface area contributed by atoms with Crippen LogP contribution < -0.4 is 0 Å². The molecule has 6 heteroatoms. The number of aromatic amines is 1. The summed E-state index contributed by atoms with van der Waals surface area (Å²) in [5.41, 5.74) is 0.524. The molecule has 1 aromatic rings. The van der Waals surface area contributed by atoms with Crippen LogP contribution in [0.2, 0.25) is 0 Å². The largest absolute Gasteiger partial charge is 0.390 e. The number of nitrogens with zero attached hydrogens (tertiary/aromatic N) is 1. The number of nitrogens with one attached hydrogen (secondary N) is 1. The van der Waals surface area contributed by atoms with Crippen molar-refractivity contribution < 1.29 is 13.5 Å². The molecular weight excluding hydrogens is 252 g/mol. The van der Waals surface area contributed by atoms with Gasteiger partial charge in [0.15, 0.2) is 0 Å². The summed E-state index contributed by atoms with van der Waals surface area (Å²) in [7, 11) is -3.43. The Labute approximate surface area is 108 Å². The molecule has 5 nitrogen and oxygen atoms in total. The number of aromatic nitrogens is 1. The first-order valence-corrected chi connectivity index (χ1v) is 7.83. The summed E-state index contributed by atoms with van der Waals surface area (Å²) in [5, 5.41) is 8.98. The van der Waals surface area contributed by atoms with E-state index >= 15 is 0 Å². The van der Waals surface area contributed by atoms with Gasteiger partial charge >= 0.3 is 0 Å². The van der Waals surface area contributed by atoms with Crippen LogP contribution in [0.15, 0.2) is 17.2 Å². The van der Waals surface area contributed by atoms with Crippen molar-refractivity contribution in [2.45, 2.75) is 50.2 Å². The van der Waals surface area contributed by atoms with Crippen LogP contribution in [0.25, 0.3) is 0 Å². The van der Waals surface area contributed by atoms with Crippen LogP contribution in [0, 0.1) is 0 Å². The van der Waals surface area contributed by atoms with Crippen molar-refractivity contribution in [2.24, 2.45) is 0 Å². The van der Waals surface area contributed by atoms with Crippen LogP contribution in [-0.4, -0.2) is 35.4 Å². The topological polar surface area (TPSA) is 73.4 Å². The second kappa shape index (κ2) is 5.42. The number of hydrogen-bond donors (Lipinski definition) is 2. The average molecular weight is 272 g/mol. The molecule has 0 atom stereocenters. The summed E-state index contributed by atoms with van der Waals surface area (Å²) < 4.78 is 26.6. The third kappa shape index (κ3) is 2.46. The van der Waals surface area contributed by atoms with Gasteiger partial charge in [0.2, 0.25) is 10.0 Å². The molecule has 0 aromatic carbocycles. The molecule has 0 aliphatic heterocycles. The molecule has 0 saturated heterocycles. The van der Waals surface area contributed by atoms with Gasteiger partial charge < -0.3 is 10.1 Å². The highest BCUT2D eigenvalue weighted by Crippen LogP contribution is 2.28. The van der Waals surface area contributed by atoms with Crippen LogP contribution in [0.4, 0.5) is 0 Å². The van der Waals surface area contributed by atoms with Crippen molar-refractivity contribution in [1.29, 1.82) is 0 Å². The Kier molecular flexibility index (Phi) is 4.09. The maximum Gasteiger partial charge on any atom is 0.244 e. The molecule has 1 fully saturated rings. The summed E-state index contributed by atoms with van der Waals surface area (Å²) >= 11 is 0. The minimum atomic E-state index is -3.43. The van der Waals surface area contributed by atoms with Crippen molar-refractivity contribution >= 4 is 10.0 Å². The van der Waals surface area contributed by atoms with Gasteiger partial charge in [-0.1, -0.05) is 19.8 Å². The fourth-order valence-corrected chi connectivity index (χ4v) is 4.32. The normalized spacial score (nSPS) is 17.7. The first-order chi connectivity index (χ1) is 8.59. The van der Waals surface area contributed by atoms with E-state index in [0.29, 0.717) is 12.2 Å². The zero-order chi connectivity index (χ0) is 13.2. The lowest BCUT2D eigenvalue weighted by Gasteiger charge is -2.26. The first kappa shape index (κ1) is 13.6. The summed E-state index contributed by atoms with van der Waals surface area (Å²) in [6.45, 7) is 2.19. The zero-order valence-electron chi connectivity index (χ0n) is 10.6. The molecule has 2 rings (SSSR count). The molecule has 18 heavy (non-hydrogen) atoms. The summed E-state index contributed by atoms with van der Waals surface area (Å²) in [6, 6.07) is 1.64. The molecule has 1 aliphatic carbocycles. The first-order valence-electron chi connectivity index (χ1n) is 6.39. The Bertz CT molecular complexity index is 489. The van der Waals surface area contributed by atoms with Gasteiger partial charge in [0, 0.05) is 24.5 Å². The molecule has 0 bridgehead atoms. The van der Waals surface area contributed by atoms with Gasteiger partial charge in [-0.3, -0.25) is 0 Å². The van der Waals surface area contributed by atoms with Gasteiger partial charge in [-0.2, -0.15) is 4.31 Å². The lowest BCUT2D eigenvalue weighted by atomic mass is 10.2. The quantitative estimate of drug-likeness (QED) is 0.852. The molecule has 0 amide bonds. The number of aliphatic hydroxyl groups is 1. The van der Waals surface area contributed by atoms with Crippen molar-refractivity contribution in [3.63, 3.8) is 0 Å². The average Bonchev–Trinajstić information content (AvgIpc) is 3.00. The third-order valence-electron chi connectivity index (χ3n) is 3.54. The van der Waals surface area contributed by atoms with Gasteiger partial charge in [0.05, 0.1) is 11.5 Å². The maximum atomic E-state index is 12.5. The van der Waals surface area contributed by atoms with E-state index in [1.54, 1.807) is 4.31 Å². The van der Waals surface area contributed by atoms with E-state index in [4.69, 9.17) is 5.11 Å². The fraction of sp³-hybridized carbons (Fsp3) is 0.667. The Hall–Kier alpha value is -0.850. The Morgan fingerprint density at radius 2 is 2.11 bits per heavy atom. The van der Waals surface area contributed by atoms with Gasteiger partial charge in [-0.25, -0.2) is 8.42 Å². The molecule has 1 heterocycles. The van der Waals surface area contributed by atoms with E-state index < -0.39 is 10.0 Å². The molecule has 1 aliphatic rings. The number of rotatable bonds is 5. The van der Waals surface area contributed by atoms with Gasteiger partial charge in [0.25, 0.3) is 0 Å². The number of hydrogen-bond acceptors (Lipinski definition) is 3. The third-order valence-corrected chi connectivity index (χ3v) is 5.54. The van der Waals surface area contributed by atoms with Crippen LogP contribution in [0.1, 0.15) is 38.3 Å². The highest BCUT2D eigenvalue weighted by atomic mass is 32.2. The summed E-state index contributed by atoms with van der Waals surface area (Å²) in [6.07, 6.45) is 5.56. The van der Waals surface area contributed by atoms with Crippen molar-refractivity contribution in [1.82, 2.24) is 9.29 Å². The van der Waals surface area contributed by atoms with E-state index in [9.17, 15) is 8.42 Å². The summed E-state index contributed by atoms with van der Waals surface area (Å²) in [4.78, 5) is 3.03. The SMILES string of the molecule is CCN(C1CCCC1)S(=O)(=O)c1c[nH]c(CO)c1. The Balaban J connectivity index is 2.27. The summed E-state index contributed by atoms with van der Waals surface area (Å²) in [5.74, 6) is 0. The number of sulfonamides is 1. The predicted octanol–water partition coefficient (Wildman–Crippen LogP) is 1.46. The fourth-order valence-electron chi connectivity index (χ4n) is 2.61. The molecule has 0 radical (unpaired) electrons.